The summed E-state index contributed by atoms with van der Waals surface area (Å²) in [4.78, 5) is 21.3. The average molecular weight is 335 g/mol. The van der Waals surface area contributed by atoms with Crippen LogP contribution in [0.5, 0.6) is 0 Å². The minimum Gasteiger partial charge on any atom is -0.441 e. The number of hydrogen-bond donors (Lipinski definition) is 0. The molecule has 0 atom stereocenters. The zero-order valence-electron chi connectivity index (χ0n) is 14.4. The number of oxazole rings is 1. The molecular formula is C20H21N3O2. The van der Waals surface area contributed by atoms with Crippen LogP contribution in [0.3, 0.4) is 0 Å². The number of carbonyl (C=O) groups excluding carboxylic acids is 1. The lowest BCUT2D eigenvalue weighted by Gasteiger charge is -2.06. The average Bonchev–Trinajstić information content (AvgIpc) is 3.09. The first-order valence-corrected chi connectivity index (χ1v) is 8.38. The molecular weight excluding hydrogens is 314 g/mol. The van der Waals surface area contributed by atoms with E-state index in [0.29, 0.717) is 30.0 Å². The Labute approximate surface area is 146 Å². The minimum absolute atomic E-state index is 0.0283. The normalized spacial score (nSPS) is 11.9. The van der Waals surface area contributed by atoms with E-state index < -0.39 is 0 Å². The van der Waals surface area contributed by atoms with E-state index in [1.807, 2.05) is 62.4 Å². The monoisotopic (exact) mass is 335 g/mol. The summed E-state index contributed by atoms with van der Waals surface area (Å²) in [6.07, 6.45) is 4.21. The van der Waals surface area contributed by atoms with Crippen LogP contribution in [-0.4, -0.2) is 21.5 Å². The van der Waals surface area contributed by atoms with Gasteiger partial charge in [-0.1, -0.05) is 36.4 Å². The standard InChI is InChI=1S/C20H21N3O2/c1-15(2)22-18-10-6-7-13-23(18)20(24)12-11-19-21-14-17(25-19)16-8-4-3-5-9-16/h3-10,13-15H,11-12H2,1-2H3. The van der Waals surface area contributed by atoms with Gasteiger partial charge < -0.3 is 4.42 Å². The fourth-order valence-corrected chi connectivity index (χ4v) is 2.51. The molecule has 0 unspecified atom stereocenters. The Morgan fingerprint density at radius 1 is 1.16 bits per heavy atom. The molecule has 0 amide bonds. The maximum absolute atomic E-state index is 12.5. The fourth-order valence-electron chi connectivity index (χ4n) is 2.51. The molecule has 0 saturated carbocycles. The summed E-state index contributed by atoms with van der Waals surface area (Å²) in [5.41, 5.74) is 1.64. The second-order valence-corrected chi connectivity index (χ2v) is 6.03. The molecule has 0 fully saturated rings. The van der Waals surface area contributed by atoms with Gasteiger partial charge in [-0.25, -0.2) is 4.98 Å². The van der Waals surface area contributed by atoms with Crippen LogP contribution in [0.2, 0.25) is 0 Å². The molecule has 0 aliphatic rings. The fraction of sp³-hybridized carbons (Fsp3) is 0.250. The van der Waals surface area contributed by atoms with Gasteiger partial charge in [0, 0.05) is 30.6 Å². The summed E-state index contributed by atoms with van der Waals surface area (Å²) < 4.78 is 7.34. The van der Waals surface area contributed by atoms with E-state index in [1.54, 1.807) is 17.0 Å². The molecule has 2 aromatic heterocycles. The topological polar surface area (TPSA) is 60.4 Å². The van der Waals surface area contributed by atoms with Crippen LogP contribution in [0.15, 0.2) is 70.3 Å². The zero-order valence-corrected chi connectivity index (χ0v) is 14.4. The predicted octanol–water partition coefficient (Wildman–Crippen LogP) is 3.73. The predicted molar refractivity (Wildman–Crippen MR) is 96.0 cm³/mol. The zero-order chi connectivity index (χ0) is 17.6. The van der Waals surface area contributed by atoms with Crippen molar-refractivity contribution in [1.29, 1.82) is 0 Å². The maximum atomic E-state index is 12.5. The molecule has 0 aliphatic heterocycles. The maximum Gasteiger partial charge on any atom is 0.232 e. The molecule has 0 radical (unpaired) electrons. The summed E-state index contributed by atoms with van der Waals surface area (Å²) >= 11 is 0. The first-order chi connectivity index (χ1) is 12.1. The first-order valence-electron chi connectivity index (χ1n) is 8.38. The van der Waals surface area contributed by atoms with Gasteiger partial charge >= 0.3 is 0 Å². The van der Waals surface area contributed by atoms with Gasteiger partial charge in [0.2, 0.25) is 5.91 Å². The van der Waals surface area contributed by atoms with Gasteiger partial charge in [0.05, 0.1) is 6.20 Å². The van der Waals surface area contributed by atoms with E-state index >= 15 is 0 Å². The van der Waals surface area contributed by atoms with Crippen molar-refractivity contribution in [3.8, 4) is 11.3 Å². The summed E-state index contributed by atoms with van der Waals surface area (Å²) in [7, 11) is 0. The summed E-state index contributed by atoms with van der Waals surface area (Å²) in [6, 6.07) is 15.5. The van der Waals surface area contributed by atoms with E-state index in [9.17, 15) is 4.79 Å². The van der Waals surface area contributed by atoms with Gasteiger partial charge in [-0.05, 0) is 26.0 Å². The van der Waals surface area contributed by atoms with Gasteiger partial charge in [-0.15, -0.1) is 0 Å². The lowest BCUT2D eigenvalue weighted by atomic mass is 10.2. The van der Waals surface area contributed by atoms with E-state index in [1.165, 1.54) is 0 Å². The molecule has 5 nitrogen and oxygen atoms in total. The number of nitrogens with zero attached hydrogens (tertiary/aromatic N) is 3. The molecule has 2 heterocycles. The Kier molecular flexibility index (Phi) is 5.23. The van der Waals surface area contributed by atoms with Crippen molar-refractivity contribution in [2.45, 2.75) is 32.7 Å². The molecule has 0 spiro atoms. The third-order valence-corrected chi connectivity index (χ3v) is 3.66. The van der Waals surface area contributed by atoms with Gasteiger partial charge in [0.25, 0.3) is 0 Å². The van der Waals surface area contributed by atoms with Crippen LogP contribution in [0, 0.1) is 0 Å². The summed E-state index contributed by atoms with van der Waals surface area (Å²) in [5, 5.41) is 0. The number of pyridine rings is 1. The number of aromatic nitrogens is 2. The van der Waals surface area contributed by atoms with Crippen molar-refractivity contribution in [2.24, 2.45) is 4.99 Å². The Morgan fingerprint density at radius 3 is 2.68 bits per heavy atom. The van der Waals surface area contributed by atoms with Crippen LogP contribution in [-0.2, 0) is 6.42 Å². The van der Waals surface area contributed by atoms with Crippen molar-refractivity contribution < 1.29 is 9.21 Å². The quantitative estimate of drug-likeness (QED) is 0.714. The summed E-state index contributed by atoms with van der Waals surface area (Å²) in [5.74, 6) is 1.25. The van der Waals surface area contributed by atoms with Crippen LogP contribution in [0.25, 0.3) is 11.3 Å². The molecule has 3 rings (SSSR count). The number of rotatable bonds is 5. The van der Waals surface area contributed by atoms with Gasteiger partial charge in [-0.2, -0.15) is 0 Å². The van der Waals surface area contributed by atoms with E-state index in [2.05, 4.69) is 9.98 Å². The Morgan fingerprint density at radius 2 is 1.92 bits per heavy atom. The molecule has 5 heteroatoms. The van der Waals surface area contributed by atoms with E-state index in [-0.39, 0.29) is 11.9 Å². The van der Waals surface area contributed by atoms with Crippen molar-refractivity contribution in [3.63, 3.8) is 0 Å². The van der Waals surface area contributed by atoms with Crippen molar-refractivity contribution in [2.75, 3.05) is 0 Å². The number of benzene rings is 1. The Bertz CT molecular complexity index is 908. The smallest absolute Gasteiger partial charge is 0.232 e. The van der Waals surface area contributed by atoms with E-state index in [0.717, 1.165) is 5.56 Å². The molecule has 1 aromatic carbocycles. The minimum atomic E-state index is -0.0283. The lowest BCUT2D eigenvalue weighted by Crippen LogP contribution is -2.27. The summed E-state index contributed by atoms with van der Waals surface area (Å²) in [6.45, 7) is 3.97. The number of hydrogen-bond acceptors (Lipinski definition) is 4. The second-order valence-electron chi connectivity index (χ2n) is 6.03. The molecule has 0 aliphatic carbocycles. The van der Waals surface area contributed by atoms with Crippen LogP contribution in [0.1, 0.15) is 31.0 Å². The molecule has 0 bridgehead atoms. The van der Waals surface area contributed by atoms with Crippen molar-refractivity contribution in [1.82, 2.24) is 9.55 Å². The van der Waals surface area contributed by atoms with Crippen LogP contribution >= 0.6 is 0 Å². The molecule has 0 N–H and O–H groups in total. The largest absolute Gasteiger partial charge is 0.441 e. The highest BCUT2D eigenvalue weighted by atomic mass is 16.4. The highest BCUT2D eigenvalue weighted by Crippen LogP contribution is 2.20. The Hall–Kier alpha value is -2.95. The number of carbonyl (C=O) groups is 1. The molecule has 128 valence electrons. The van der Waals surface area contributed by atoms with Gasteiger partial charge in [-0.3, -0.25) is 14.4 Å². The SMILES string of the molecule is CC(C)N=c1ccccn1C(=O)CCc1ncc(-c2ccccc2)o1. The van der Waals surface area contributed by atoms with Gasteiger partial charge in [0.15, 0.2) is 11.7 Å². The van der Waals surface area contributed by atoms with Gasteiger partial charge in [0.1, 0.15) is 5.49 Å². The van der Waals surface area contributed by atoms with Crippen LogP contribution in [0.4, 0.5) is 0 Å². The number of aryl methyl sites for hydroxylation is 1. The molecule has 25 heavy (non-hydrogen) atoms. The highest BCUT2D eigenvalue weighted by Gasteiger charge is 2.10. The Balaban J connectivity index is 1.71. The molecule has 0 saturated heterocycles. The first kappa shape index (κ1) is 16.9. The van der Waals surface area contributed by atoms with Crippen LogP contribution < -0.4 is 5.49 Å². The van der Waals surface area contributed by atoms with E-state index in [4.69, 9.17) is 4.42 Å². The third-order valence-electron chi connectivity index (χ3n) is 3.66. The lowest BCUT2D eigenvalue weighted by molar-refractivity contribution is 0.0894. The third kappa shape index (κ3) is 4.32. The molecule has 3 aromatic rings. The second kappa shape index (κ2) is 7.75. The van der Waals surface area contributed by atoms with Crippen molar-refractivity contribution in [3.05, 3.63) is 72.3 Å². The highest BCUT2D eigenvalue weighted by molar-refractivity contribution is 5.78. The van der Waals surface area contributed by atoms with Crippen molar-refractivity contribution >= 4 is 5.91 Å².